The van der Waals surface area contributed by atoms with Crippen molar-refractivity contribution in [1.82, 2.24) is 5.32 Å². The van der Waals surface area contributed by atoms with Crippen LogP contribution in [0.1, 0.15) is 26.7 Å². The molecule has 0 aromatic heterocycles. The average molecular weight is 218 g/mol. The highest BCUT2D eigenvalue weighted by Gasteiger charge is 2.14. The fourth-order valence-electron chi connectivity index (χ4n) is 1.34. The topological polar surface area (TPSA) is 70.0 Å². The molecule has 4 nitrogen and oxygen atoms in total. The standard InChI is InChI=1S/C9H18N2O2S/c1-4-9(5-6-10)11-8(2)7-14(3,12)13/h8-9,11H,4-5,7H2,1-3H3/t8-,9-/m1/s1. The van der Waals surface area contributed by atoms with E-state index in [-0.39, 0.29) is 17.8 Å². The van der Waals surface area contributed by atoms with E-state index in [2.05, 4.69) is 11.4 Å². The molecule has 0 heterocycles. The lowest BCUT2D eigenvalue weighted by atomic mass is 10.1. The number of rotatable bonds is 6. The second kappa shape index (κ2) is 5.99. The number of sulfone groups is 1. The molecule has 14 heavy (non-hydrogen) atoms. The third-order valence-electron chi connectivity index (χ3n) is 1.90. The van der Waals surface area contributed by atoms with Gasteiger partial charge < -0.3 is 5.32 Å². The smallest absolute Gasteiger partial charge is 0.148 e. The Labute approximate surface area is 86.2 Å². The van der Waals surface area contributed by atoms with Crippen LogP contribution in [0.5, 0.6) is 0 Å². The number of hydrogen-bond acceptors (Lipinski definition) is 4. The quantitative estimate of drug-likeness (QED) is 0.712. The Hall–Kier alpha value is -0.600. The fraction of sp³-hybridized carbons (Fsp3) is 0.889. The molecule has 1 N–H and O–H groups in total. The minimum Gasteiger partial charge on any atom is -0.309 e. The lowest BCUT2D eigenvalue weighted by Gasteiger charge is -2.19. The maximum Gasteiger partial charge on any atom is 0.148 e. The van der Waals surface area contributed by atoms with Gasteiger partial charge in [0.1, 0.15) is 9.84 Å². The van der Waals surface area contributed by atoms with Crippen LogP contribution in [0.25, 0.3) is 0 Å². The van der Waals surface area contributed by atoms with Crippen molar-refractivity contribution in [1.29, 1.82) is 5.26 Å². The van der Waals surface area contributed by atoms with Crippen LogP contribution in [0, 0.1) is 11.3 Å². The molecule has 0 aliphatic carbocycles. The molecular weight excluding hydrogens is 200 g/mol. The zero-order chi connectivity index (χ0) is 11.2. The van der Waals surface area contributed by atoms with Crippen molar-refractivity contribution in [3.05, 3.63) is 0 Å². The Kier molecular flexibility index (Phi) is 5.73. The van der Waals surface area contributed by atoms with E-state index in [1.54, 1.807) is 0 Å². The van der Waals surface area contributed by atoms with Crippen LogP contribution in [0.15, 0.2) is 0 Å². The maximum atomic E-state index is 11.0. The Morgan fingerprint density at radius 3 is 2.43 bits per heavy atom. The lowest BCUT2D eigenvalue weighted by Crippen LogP contribution is -2.39. The van der Waals surface area contributed by atoms with Gasteiger partial charge in [-0.1, -0.05) is 6.92 Å². The van der Waals surface area contributed by atoms with Gasteiger partial charge in [-0.25, -0.2) is 8.42 Å². The first-order chi connectivity index (χ1) is 6.39. The summed E-state index contributed by atoms with van der Waals surface area (Å²) in [6.45, 7) is 3.79. The molecule has 0 aliphatic heterocycles. The Morgan fingerprint density at radius 1 is 1.50 bits per heavy atom. The predicted molar refractivity (Wildman–Crippen MR) is 56.6 cm³/mol. The molecule has 82 valence electrons. The van der Waals surface area contributed by atoms with Gasteiger partial charge in [0.2, 0.25) is 0 Å². The van der Waals surface area contributed by atoms with E-state index >= 15 is 0 Å². The summed E-state index contributed by atoms with van der Waals surface area (Å²) in [5.41, 5.74) is 0. The van der Waals surface area contributed by atoms with E-state index in [4.69, 9.17) is 5.26 Å². The van der Waals surface area contributed by atoms with Crippen LogP contribution in [0.2, 0.25) is 0 Å². The molecule has 0 saturated carbocycles. The first-order valence-corrected chi connectivity index (χ1v) is 6.75. The van der Waals surface area contributed by atoms with E-state index < -0.39 is 9.84 Å². The summed E-state index contributed by atoms with van der Waals surface area (Å²) in [6, 6.07) is 2.08. The molecule has 0 aromatic carbocycles. The van der Waals surface area contributed by atoms with Crippen molar-refractivity contribution in [2.75, 3.05) is 12.0 Å². The van der Waals surface area contributed by atoms with Gasteiger partial charge in [-0.15, -0.1) is 0 Å². The third-order valence-corrected chi connectivity index (χ3v) is 3.01. The van der Waals surface area contributed by atoms with Crippen molar-refractivity contribution in [2.24, 2.45) is 0 Å². The van der Waals surface area contributed by atoms with Gasteiger partial charge in [0, 0.05) is 18.3 Å². The van der Waals surface area contributed by atoms with Crippen LogP contribution in [-0.4, -0.2) is 32.5 Å². The lowest BCUT2D eigenvalue weighted by molar-refractivity contribution is 0.455. The second-order valence-corrected chi connectivity index (χ2v) is 5.81. The molecule has 2 atom stereocenters. The van der Waals surface area contributed by atoms with Crippen molar-refractivity contribution < 1.29 is 8.42 Å². The van der Waals surface area contributed by atoms with E-state index in [9.17, 15) is 8.42 Å². The summed E-state index contributed by atoms with van der Waals surface area (Å²) >= 11 is 0. The Bertz CT molecular complexity index is 292. The predicted octanol–water partition coefficient (Wildman–Crippen LogP) is 0.701. The SMILES string of the molecule is CC[C@H](CC#N)N[C@H](C)CS(C)(=O)=O. The van der Waals surface area contributed by atoms with Crippen LogP contribution < -0.4 is 5.32 Å². The van der Waals surface area contributed by atoms with Crippen molar-refractivity contribution in [3.8, 4) is 6.07 Å². The number of nitriles is 1. The highest BCUT2D eigenvalue weighted by Crippen LogP contribution is 1.99. The van der Waals surface area contributed by atoms with Gasteiger partial charge in [0.15, 0.2) is 0 Å². The van der Waals surface area contributed by atoms with Gasteiger partial charge in [-0.2, -0.15) is 5.26 Å². The Balaban J connectivity index is 4.04. The van der Waals surface area contributed by atoms with Crippen molar-refractivity contribution >= 4 is 9.84 Å². The molecule has 0 saturated heterocycles. The molecule has 0 unspecified atom stereocenters. The molecule has 0 aromatic rings. The van der Waals surface area contributed by atoms with Crippen LogP contribution in [-0.2, 0) is 9.84 Å². The Morgan fingerprint density at radius 2 is 2.07 bits per heavy atom. The second-order valence-electron chi connectivity index (χ2n) is 3.63. The third kappa shape index (κ3) is 6.87. The number of nitrogens with one attached hydrogen (secondary N) is 1. The van der Waals surface area contributed by atoms with Crippen molar-refractivity contribution in [2.45, 2.75) is 38.8 Å². The largest absolute Gasteiger partial charge is 0.309 e. The molecular formula is C9H18N2O2S. The average Bonchev–Trinajstić information content (AvgIpc) is 2.00. The van der Waals surface area contributed by atoms with Crippen LogP contribution in [0.4, 0.5) is 0 Å². The molecule has 0 bridgehead atoms. The van der Waals surface area contributed by atoms with E-state index in [0.29, 0.717) is 6.42 Å². The molecule has 0 radical (unpaired) electrons. The highest BCUT2D eigenvalue weighted by atomic mass is 32.2. The van der Waals surface area contributed by atoms with E-state index in [1.165, 1.54) is 6.26 Å². The molecule has 0 aliphatic rings. The van der Waals surface area contributed by atoms with E-state index in [0.717, 1.165) is 6.42 Å². The normalized spacial score (nSPS) is 15.9. The zero-order valence-corrected chi connectivity index (χ0v) is 9.76. The van der Waals surface area contributed by atoms with Gasteiger partial charge in [0.25, 0.3) is 0 Å². The summed E-state index contributed by atoms with van der Waals surface area (Å²) in [7, 11) is -2.94. The first kappa shape index (κ1) is 13.4. The minimum absolute atomic E-state index is 0.0942. The molecule has 0 amide bonds. The number of hydrogen-bond donors (Lipinski definition) is 1. The number of nitrogens with zero attached hydrogens (tertiary/aromatic N) is 1. The summed E-state index contributed by atoms with van der Waals surface area (Å²) in [6.07, 6.45) is 2.47. The fourth-order valence-corrected chi connectivity index (χ4v) is 2.34. The summed E-state index contributed by atoms with van der Waals surface area (Å²) in [5, 5.41) is 11.6. The summed E-state index contributed by atoms with van der Waals surface area (Å²) < 4.78 is 21.9. The summed E-state index contributed by atoms with van der Waals surface area (Å²) in [4.78, 5) is 0. The van der Waals surface area contributed by atoms with Gasteiger partial charge in [-0.3, -0.25) is 0 Å². The molecule has 0 spiro atoms. The highest BCUT2D eigenvalue weighted by molar-refractivity contribution is 7.90. The van der Waals surface area contributed by atoms with Crippen LogP contribution in [0.3, 0.4) is 0 Å². The monoisotopic (exact) mass is 218 g/mol. The van der Waals surface area contributed by atoms with Gasteiger partial charge in [-0.05, 0) is 13.3 Å². The van der Waals surface area contributed by atoms with Crippen LogP contribution >= 0.6 is 0 Å². The maximum absolute atomic E-state index is 11.0. The van der Waals surface area contributed by atoms with Crippen molar-refractivity contribution in [3.63, 3.8) is 0 Å². The molecule has 5 heteroatoms. The minimum atomic E-state index is -2.94. The molecule has 0 fully saturated rings. The zero-order valence-electron chi connectivity index (χ0n) is 8.95. The van der Waals surface area contributed by atoms with Gasteiger partial charge in [0.05, 0.1) is 18.2 Å². The first-order valence-electron chi connectivity index (χ1n) is 4.69. The summed E-state index contributed by atoms with van der Waals surface area (Å²) in [5.74, 6) is 0.120. The van der Waals surface area contributed by atoms with Gasteiger partial charge >= 0.3 is 0 Å². The molecule has 0 rings (SSSR count). The van der Waals surface area contributed by atoms with E-state index in [1.807, 2.05) is 13.8 Å².